The van der Waals surface area contributed by atoms with E-state index in [1.807, 2.05) is 0 Å². The summed E-state index contributed by atoms with van der Waals surface area (Å²) in [5.74, 6) is 0. The fourth-order valence-corrected chi connectivity index (χ4v) is 2.02. The van der Waals surface area contributed by atoms with Crippen molar-refractivity contribution in [2.45, 2.75) is 46.6 Å². The molecule has 1 saturated heterocycles. The third-order valence-electron chi connectivity index (χ3n) is 3.15. The number of alkyl carbamates (subject to hydrolysis) is 1. The van der Waals surface area contributed by atoms with E-state index in [2.05, 4.69) is 31.4 Å². The van der Waals surface area contributed by atoms with Crippen LogP contribution >= 0.6 is 0 Å². The molecule has 0 aliphatic carbocycles. The number of carbonyl (C=O) groups excluding carboxylic acids is 2. The number of hydrogen-bond donors (Lipinski definition) is 2. The highest BCUT2D eigenvalue weighted by molar-refractivity contribution is 5.74. The summed E-state index contributed by atoms with van der Waals surface area (Å²) in [6, 6.07) is 0.0789. The average Bonchev–Trinajstić information content (AvgIpc) is 2.36. The monoisotopic (exact) mass is 285 g/mol. The van der Waals surface area contributed by atoms with Gasteiger partial charge in [0, 0.05) is 25.7 Å². The van der Waals surface area contributed by atoms with Crippen molar-refractivity contribution in [3.05, 3.63) is 0 Å². The smallest absolute Gasteiger partial charge is 0.407 e. The zero-order valence-electron chi connectivity index (χ0n) is 13.0. The van der Waals surface area contributed by atoms with Crippen LogP contribution in [-0.4, -0.2) is 49.3 Å². The van der Waals surface area contributed by atoms with Gasteiger partial charge in [-0.2, -0.15) is 0 Å². The van der Waals surface area contributed by atoms with Gasteiger partial charge < -0.3 is 20.3 Å². The molecule has 1 aliphatic heterocycles. The fourth-order valence-electron chi connectivity index (χ4n) is 2.02. The lowest BCUT2D eigenvalue weighted by molar-refractivity contribution is 0.138. The molecule has 1 fully saturated rings. The normalized spacial score (nSPS) is 16.7. The lowest BCUT2D eigenvalue weighted by atomic mass is 9.97. The zero-order chi connectivity index (χ0) is 15.2. The summed E-state index contributed by atoms with van der Waals surface area (Å²) in [7, 11) is 0. The van der Waals surface area contributed by atoms with Crippen molar-refractivity contribution in [1.29, 1.82) is 0 Å². The summed E-state index contributed by atoms with van der Waals surface area (Å²) in [6.45, 7) is 10.4. The van der Waals surface area contributed by atoms with Crippen molar-refractivity contribution in [2.24, 2.45) is 5.41 Å². The predicted molar refractivity (Wildman–Crippen MR) is 77.6 cm³/mol. The molecule has 2 N–H and O–H groups in total. The Kier molecular flexibility index (Phi) is 6.10. The molecule has 3 amide bonds. The first-order valence-corrected chi connectivity index (χ1v) is 7.28. The molecule has 0 aromatic carbocycles. The van der Waals surface area contributed by atoms with Crippen LogP contribution in [0.15, 0.2) is 0 Å². The molecular weight excluding hydrogens is 258 g/mol. The molecule has 0 bridgehead atoms. The predicted octanol–water partition coefficient (Wildman–Crippen LogP) is 1.95. The zero-order valence-corrected chi connectivity index (χ0v) is 13.0. The molecule has 0 radical (unpaired) electrons. The van der Waals surface area contributed by atoms with Gasteiger partial charge in [0.05, 0.1) is 6.61 Å². The summed E-state index contributed by atoms with van der Waals surface area (Å²) in [4.78, 5) is 25.1. The number of carbonyl (C=O) groups is 2. The van der Waals surface area contributed by atoms with Gasteiger partial charge in [0.25, 0.3) is 0 Å². The van der Waals surface area contributed by atoms with Crippen molar-refractivity contribution in [3.8, 4) is 0 Å². The highest BCUT2D eigenvalue weighted by Gasteiger charge is 2.24. The van der Waals surface area contributed by atoms with E-state index in [4.69, 9.17) is 4.74 Å². The van der Waals surface area contributed by atoms with E-state index in [1.54, 1.807) is 11.8 Å². The van der Waals surface area contributed by atoms with Crippen molar-refractivity contribution < 1.29 is 14.3 Å². The molecule has 1 aliphatic rings. The Morgan fingerprint density at radius 1 is 1.25 bits per heavy atom. The third-order valence-corrected chi connectivity index (χ3v) is 3.15. The number of nitrogens with one attached hydrogen (secondary N) is 2. The minimum absolute atomic E-state index is 0.0190. The molecule has 0 aromatic heterocycles. The van der Waals surface area contributed by atoms with Crippen LogP contribution in [-0.2, 0) is 4.74 Å². The average molecular weight is 285 g/mol. The number of amides is 3. The molecule has 0 saturated carbocycles. The molecule has 6 heteroatoms. The molecule has 1 heterocycles. The Morgan fingerprint density at radius 2 is 1.85 bits per heavy atom. The fraction of sp³-hybridized carbons (Fsp3) is 0.857. The molecule has 20 heavy (non-hydrogen) atoms. The molecule has 0 atom stereocenters. The molecule has 1 rings (SSSR count). The van der Waals surface area contributed by atoms with Gasteiger partial charge in [-0.05, 0) is 25.2 Å². The first kappa shape index (κ1) is 16.6. The first-order chi connectivity index (χ1) is 9.31. The van der Waals surface area contributed by atoms with Gasteiger partial charge in [-0.25, -0.2) is 9.59 Å². The number of ether oxygens (including phenoxy) is 1. The minimum atomic E-state index is -0.372. The maximum atomic E-state index is 12.0. The van der Waals surface area contributed by atoms with Gasteiger partial charge in [0.1, 0.15) is 0 Å². The second-order valence-electron chi connectivity index (χ2n) is 6.35. The summed E-state index contributed by atoms with van der Waals surface area (Å²) < 4.78 is 4.85. The van der Waals surface area contributed by atoms with Gasteiger partial charge in [-0.15, -0.1) is 0 Å². The van der Waals surface area contributed by atoms with Crippen LogP contribution in [0.3, 0.4) is 0 Å². The summed E-state index contributed by atoms with van der Waals surface area (Å²) in [6.07, 6.45) is 1.16. The molecule has 0 spiro atoms. The van der Waals surface area contributed by atoms with E-state index in [0.29, 0.717) is 26.2 Å². The van der Waals surface area contributed by atoms with E-state index in [1.165, 1.54) is 0 Å². The molecule has 116 valence electrons. The lowest BCUT2D eigenvalue weighted by Gasteiger charge is -2.33. The van der Waals surface area contributed by atoms with E-state index >= 15 is 0 Å². The van der Waals surface area contributed by atoms with Crippen LogP contribution in [0.4, 0.5) is 9.59 Å². The molecular formula is C14H27N3O3. The van der Waals surface area contributed by atoms with E-state index in [9.17, 15) is 9.59 Å². The van der Waals surface area contributed by atoms with Crippen LogP contribution < -0.4 is 10.6 Å². The molecule has 6 nitrogen and oxygen atoms in total. The van der Waals surface area contributed by atoms with Crippen LogP contribution in [0.5, 0.6) is 0 Å². The Hall–Kier alpha value is -1.46. The number of piperidine rings is 1. The standard InChI is InChI=1S/C14H27N3O3/c1-5-20-13(19)16-11-6-8-17(9-7-11)12(18)15-10-14(2,3)4/h11H,5-10H2,1-4H3,(H,15,18)(H,16,19). The van der Waals surface area contributed by atoms with Gasteiger partial charge >= 0.3 is 12.1 Å². The van der Waals surface area contributed by atoms with E-state index in [-0.39, 0.29) is 23.6 Å². The quantitative estimate of drug-likeness (QED) is 0.832. The Balaban J connectivity index is 2.27. The highest BCUT2D eigenvalue weighted by Crippen LogP contribution is 2.13. The Morgan fingerprint density at radius 3 is 2.35 bits per heavy atom. The van der Waals surface area contributed by atoms with Crippen LogP contribution in [0, 0.1) is 5.41 Å². The van der Waals surface area contributed by atoms with Crippen molar-refractivity contribution in [3.63, 3.8) is 0 Å². The SMILES string of the molecule is CCOC(=O)NC1CCN(C(=O)NCC(C)(C)C)CC1. The highest BCUT2D eigenvalue weighted by atomic mass is 16.5. The number of urea groups is 1. The van der Waals surface area contributed by atoms with Gasteiger partial charge in [-0.3, -0.25) is 0 Å². The van der Waals surface area contributed by atoms with Gasteiger partial charge in [0.2, 0.25) is 0 Å². The molecule has 0 unspecified atom stereocenters. The number of hydrogen-bond acceptors (Lipinski definition) is 3. The molecule has 0 aromatic rings. The lowest BCUT2D eigenvalue weighted by Crippen LogP contribution is -2.50. The second kappa shape index (κ2) is 7.36. The van der Waals surface area contributed by atoms with Crippen LogP contribution in [0.25, 0.3) is 0 Å². The van der Waals surface area contributed by atoms with Crippen LogP contribution in [0.2, 0.25) is 0 Å². The minimum Gasteiger partial charge on any atom is -0.450 e. The van der Waals surface area contributed by atoms with Crippen molar-refractivity contribution in [1.82, 2.24) is 15.5 Å². The van der Waals surface area contributed by atoms with Crippen molar-refractivity contribution in [2.75, 3.05) is 26.2 Å². The van der Waals surface area contributed by atoms with Gasteiger partial charge in [0.15, 0.2) is 0 Å². The maximum absolute atomic E-state index is 12.0. The second-order valence-corrected chi connectivity index (χ2v) is 6.35. The van der Waals surface area contributed by atoms with Gasteiger partial charge in [-0.1, -0.05) is 20.8 Å². The summed E-state index contributed by atoms with van der Waals surface area (Å²) in [5.41, 5.74) is 0.0828. The van der Waals surface area contributed by atoms with E-state index < -0.39 is 0 Å². The number of likely N-dealkylation sites (tertiary alicyclic amines) is 1. The largest absolute Gasteiger partial charge is 0.450 e. The first-order valence-electron chi connectivity index (χ1n) is 7.28. The van der Waals surface area contributed by atoms with E-state index in [0.717, 1.165) is 12.8 Å². The Labute approximate surface area is 121 Å². The van der Waals surface area contributed by atoms with Crippen molar-refractivity contribution >= 4 is 12.1 Å². The Bertz CT molecular complexity index is 331. The number of nitrogens with zero attached hydrogens (tertiary/aromatic N) is 1. The summed E-state index contributed by atoms with van der Waals surface area (Å²) in [5, 5.41) is 5.76. The van der Waals surface area contributed by atoms with Crippen LogP contribution in [0.1, 0.15) is 40.5 Å². The number of rotatable bonds is 3. The maximum Gasteiger partial charge on any atom is 0.407 e. The third kappa shape index (κ3) is 6.12. The topological polar surface area (TPSA) is 70.7 Å². The summed E-state index contributed by atoms with van der Waals surface area (Å²) >= 11 is 0.